The van der Waals surface area contributed by atoms with Gasteiger partial charge in [0.25, 0.3) is 0 Å². The van der Waals surface area contributed by atoms with Gasteiger partial charge in [-0.25, -0.2) is 8.78 Å². The van der Waals surface area contributed by atoms with Gasteiger partial charge in [0.2, 0.25) is 0 Å². The van der Waals surface area contributed by atoms with Crippen LogP contribution >= 0.6 is 0 Å². The first kappa shape index (κ1) is 12.1. The van der Waals surface area contributed by atoms with Gasteiger partial charge in [-0.2, -0.15) is 0 Å². The van der Waals surface area contributed by atoms with Gasteiger partial charge in [-0.15, -0.1) is 0 Å². The molecule has 0 radical (unpaired) electrons. The highest BCUT2D eigenvalue weighted by atomic mass is 19.1. The van der Waals surface area contributed by atoms with Crippen molar-refractivity contribution in [3.05, 3.63) is 33.9 Å². The van der Waals surface area contributed by atoms with Crippen LogP contribution in [0, 0.1) is 32.4 Å². The van der Waals surface area contributed by atoms with Crippen molar-refractivity contribution in [2.45, 2.75) is 40.2 Å². The molecule has 0 fully saturated rings. The molecule has 0 bridgehead atoms. The minimum Gasteiger partial charge on any atom is -0.322 e. The van der Waals surface area contributed by atoms with Crippen molar-refractivity contribution in [3.8, 4) is 0 Å². The molecule has 0 saturated carbocycles. The molecule has 1 aromatic rings. The average Bonchev–Trinajstić information content (AvgIpc) is 2.09. The Hall–Kier alpha value is -0.960. The first-order valence-electron chi connectivity index (χ1n) is 4.92. The molecule has 0 saturated heterocycles. The van der Waals surface area contributed by atoms with Crippen molar-refractivity contribution in [1.29, 1.82) is 0 Å². The summed E-state index contributed by atoms with van der Waals surface area (Å²) in [7, 11) is 0. The van der Waals surface area contributed by atoms with Crippen molar-refractivity contribution in [3.63, 3.8) is 0 Å². The maximum Gasteiger partial charge on any atom is 0.134 e. The van der Waals surface area contributed by atoms with Crippen LogP contribution in [0.15, 0.2) is 0 Å². The van der Waals surface area contributed by atoms with Gasteiger partial charge in [0.15, 0.2) is 0 Å². The van der Waals surface area contributed by atoms with Crippen molar-refractivity contribution < 1.29 is 8.78 Å². The third-order valence-corrected chi connectivity index (χ3v) is 2.79. The molecule has 0 atom stereocenters. The monoisotopic (exact) mass is 213 g/mol. The predicted octanol–water partition coefficient (Wildman–Crippen LogP) is 3.08. The number of rotatable bonds is 1. The third kappa shape index (κ3) is 1.88. The Morgan fingerprint density at radius 3 is 1.73 bits per heavy atom. The van der Waals surface area contributed by atoms with E-state index in [-0.39, 0.29) is 5.56 Å². The zero-order valence-electron chi connectivity index (χ0n) is 9.83. The Morgan fingerprint density at radius 2 is 1.33 bits per heavy atom. The molecule has 0 spiro atoms. The lowest BCUT2D eigenvalue weighted by atomic mass is 9.87. The Balaban J connectivity index is 3.68. The van der Waals surface area contributed by atoms with E-state index in [0.29, 0.717) is 16.7 Å². The molecule has 1 nitrogen and oxygen atoms in total. The van der Waals surface area contributed by atoms with E-state index in [1.165, 1.54) is 6.92 Å². The van der Waals surface area contributed by atoms with Crippen molar-refractivity contribution >= 4 is 0 Å². The fourth-order valence-electron chi connectivity index (χ4n) is 1.85. The Morgan fingerprint density at radius 1 is 0.867 bits per heavy atom. The lowest BCUT2D eigenvalue weighted by Gasteiger charge is -2.25. The zero-order chi connectivity index (χ0) is 12.0. The van der Waals surface area contributed by atoms with E-state index in [1.54, 1.807) is 27.7 Å². The molecule has 0 heterocycles. The van der Waals surface area contributed by atoms with Gasteiger partial charge >= 0.3 is 0 Å². The topological polar surface area (TPSA) is 26.0 Å². The summed E-state index contributed by atoms with van der Waals surface area (Å²) < 4.78 is 27.4. The summed E-state index contributed by atoms with van der Waals surface area (Å²) in [5, 5.41) is 0. The van der Waals surface area contributed by atoms with Gasteiger partial charge < -0.3 is 5.73 Å². The van der Waals surface area contributed by atoms with E-state index >= 15 is 0 Å². The maximum absolute atomic E-state index is 13.9. The molecule has 2 N–H and O–H groups in total. The molecule has 15 heavy (non-hydrogen) atoms. The van der Waals surface area contributed by atoms with Crippen LogP contribution in [0.25, 0.3) is 0 Å². The number of nitrogens with two attached hydrogens (primary N) is 1. The van der Waals surface area contributed by atoms with Crippen LogP contribution in [0.5, 0.6) is 0 Å². The highest BCUT2D eigenvalue weighted by Crippen LogP contribution is 2.30. The normalized spacial score (nSPS) is 12.0. The van der Waals surface area contributed by atoms with Gasteiger partial charge in [0, 0.05) is 16.7 Å². The second-order valence-corrected chi connectivity index (χ2v) is 4.60. The minimum absolute atomic E-state index is 0.0478. The predicted molar refractivity (Wildman–Crippen MR) is 57.8 cm³/mol. The summed E-state index contributed by atoms with van der Waals surface area (Å²) in [5.41, 5.74) is 6.61. The molecule has 0 unspecified atom stereocenters. The van der Waals surface area contributed by atoms with Crippen LogP contribution in [0.1, 0.15) is 36.1 Å². The molecule has 84 valence electrons. The van der Waals surface area contributed by atoms with E-state index in [9.17, 15) is 8.78 Å². The van der Waals surface area contributed by atoms with E-state index in [0.717, 1.165) is 0 Å². The van der Waals surface area contributed by atoms with E-state index in [4.69, 9.17) is 5.73 Å². The second-order valence-electron chi connectivity index (χ2n) is 4.60. The molecule has 1 aromatic carbocycles. The second kappa shape index (κ2) is 3.56. The Labute approximate surface area is 89.3 Å². The largest absolute Gasteiger partial charge is 0.322 e. The third-order valence-electron chi connectivity index (χ3n) is 2.79. The maximum atomic E-state index is 13.9. The summed E-state index contributed by atoms with van der Waals surface area (Å²) >= 11 is 0. The molecular formula is C12H17F2N. The van der Waals surface area contributed by atoms with Crippen molar-refractivity contribution in [1.82, 2.24) is 0 Å². The van der Waals surface area contributed by atoms with Crippen LogP contribution < -0.4 is 5.73 Å². The summed E-state index contributed by atoms with van der Waals surface area (Å²) in [6, 6.07) is 0. The number of halogens is 2. The molecule has 0 aliphatic heterocycles. The smallest absolute Gasteiger partial charge is 0.134 e. The van der Waals surface area contributed by atoms with Gasteiger partial charge in [-0.05, 0) is 45.7 Å². The highest BCUT2D eigenvalue weighted by molar-refractivity contribution is 5.43. The van der Waals surface area contributed by atoms with Gasteiger partial charge in [-0.3, -0.25) is 0 Å². The van der Waals surface area contributed by atoms with E-state index < -0.39 is 17.2 Å². The first-order valence-corrected chi connectivity index (χ1v) is 4.92. The highest BCUT2D eigenvalue weighted by Gasteiger charge is 2.26. The molecule has 0 aromatic heterocycles. The van der Waals surface area contributed by atoms with Crippen molar-refractivity contribution in [2.24, 2.45) is 5.73 Å². The standard InChI is InChI=1S/C12H17F2N/c1-6-7(2)10(13)8(3)11(14)9(6)12(4,5)15/h15H2,1-5H3. The zero-order valence-corrected chi connectivity index (χ0v) is 9.83. The van der Waals surface area contributed by atoms with E-state index in [1.807, 2.05) is 0 Å². The van der Waals surface area contributed by atoms with Crippen LogP contribution in [-0.4, -0.2) is 0 Å². The minimum atomic E-state index is -0.794. The number of benzene rings is 1. The van der Waals surface area contributed by atoms with Crippen LogP contribution in [0.2, 0.25) is 0 Å². The molecular weight excluding hydrogens is 196 g/mol. The van der Waals surface area contributed by atoms with Gasteiger partial charge in [0.1, 0.15) is 11.6 Å². The summed E-state index contributed by atoms with van der Waals surface area (Å²) in [6.07, 6.45) is 0. The Kier molecular flexibility index (Phi) is 2.88. The number of hydrogen-bond acceptors (Lipinski definition) is 1. The summed E-state index contributed by atoms with van der Waals surface area (Å²) in [4.78, 5) is 0. The Bertz CT molecular complexity index is 374. The molecule has 1 rings (SSSR count). The fourth-order valence-corrected chi connectivity index (χ4v) is 1.85. The van der Waals surface area contributed by atoms with Gasteiger partial charge in [-0.1, -0.05) is 0 Å². The lowest BCUT2D eigenvalue weighted by Crippen LogP contribution is -2.32. The first-order chi connectivity index (χ1) is 6.68. The van der Waals surface area contributed by atoms with E-state index in [2.05, 4.69) is 0 Å². The summed E-state index contributed by atoms with van der Waals surface area (Å²) in [6.45, 7) is 8.22. The van der Waals surface area contributed by atoms with Crippen molar-refractivity contribution in [2.75, 3.05) is 0 Å². The SMILES string of the molecule is Cc1c(C)c(C(C)(C)N)c(F)c(C)c1F. The summed E-state index contributed by atoms with van der Waals surface area (Å²) in [5.74, 6) is -0.999. The molecule has 3 heteroatoms. The quantitative estimate of drug-likeness (QED) is 0.762. The number of hydrogen-bond donors (Lipinski definition) is 1. The molecule has 0 aliphatic carbocycles. The molecule has 0 aliphatic rings. The molecule has 0 amide bonds. The van der Waals surface area contributed by atoms with Crippen LogP contribution in [-0.2, 0) is 5.54 Å². The van der Waals surface area contributed by atoms with Gasteiger partial charge in [0.05, 0.1) is 0 Å². The van der Waals surface area contributed by atoms with Crippen LogP contribution in [0.3, 0.4) is 0 Å². The lowest BCUT2D eigenvalue weighted by molar-refractivity contribution is 0.480. The van der Waals surface area contributed by atoms with Crippen LogP contribution in [0.4, 0.5) is 8.78 Å². The fraction of sp³-hybridized carbons (Fsp3) is 0.500. The average molecular weight is 213 g/mol.